The fraction of sp³-hybridized carbons (Fsp3) is 0.818. The maximum absolute atomic E-state index is 12.1. The zero-order chi connectivity index (χ0) is 11.0. The molecule has 0 aromatic heterocycles. The molecule has 0 radical (unpaired) electrons. The number of carbonyl (C=O) groups is 1. The summed E-state index contributed by atoms with van der Waals surface area (Å²) in [6, 6.07) is 0. The third-order valence-corrected chi connectivity index (χ3v) is 3.65. The normalized spacial score (nSPS) is 37.2. The zero-order valence-corrected chi connectivity index (χ0v) is 9.26. The predicted octanol–water partition coefficient (Wildman–Crippen LogP) is -0.519. The van der Waals surface area contributed by atoms with Gasteiger partial charge in [0.1, 0.15) is 0 Å². The summed E-state index contributed by atoms with van der Waals surface area (Å²) in [5.74, 6) is 1.37. The number of hydrogen-bond acceptors (Lipinski definition) is 4. The topological polar surface area (TPSA) is 53.9 Å². The van der Waals surface area contributed by atoms with E-state index >= 15 is 0 Å². The van der Waals surface area contributed by atoms with Crippen LogP contribution in [0.2, 0.25) is 0 Å². The van der Waals surface area contributed by atoms with Crippen molar-refractivity contribution in [3.05, 3.63) is 0 Å². The molecule has 3 aliphatic rings. The van der Waals surface area contributed by atoms with Gasteiger partial charge >= 0.3 is 0 Å². The molecule has 1 amide bonds. The lowest BCUT2D eigenvalue weighted by atomic mass is 9.85. The summed E-state index contributed by atoms with van der Waals surface area (Å²) in [4.78, 5) is 18.0. The third kappa shape index (κ3) is 1.80. The molecule has 0 aliphatic carbocycles. The molecule has 88 valence electrons. The zero-order valence-electron chi connectivity index (χ0n) is 9.26. The Morgan fingerprint density at radius 3 is 2.75 bits per heavy atom. The van der Waals surface area contributed by atoms with Crippen molar-refractivity contribution in [2.75, 3.05) is 32.7 Å². The first-order valence-electron chi connectivity index (χ1n) is 5.96. The first kappa shape index (κ1) is 10.1. The second-order valence-electron chi connectivity index (χ2n) is 4.96. The van der Waals surface area contributed by atoms with Crippen LogP contribution in [-0.2, 0) is 9.53 Å². The van der Waals surface area contributed by atoms with Crippen molar-refractivity contribution in [1.29, 1.82) is 0 Å². The summed E-state index contributed by atoms with van der Waals surface area (Å²) in [5.41, 5.74) is 0. The molecular formula is C11H17N3O2. The highest BCUT2D eigenvalue weighted by Gasteiger charge is 2.36. The van der Waals surface area contributed by atoms with Crippen LogP contribution in [0.25, 0.3) is 0 Å². The van der Waals surface area contributed by atoms with Crippen molar-refractivity contribution in [3.63, 3.8) is 0 Å². The summed E-state index contributed by atoms with van der Waals surface area (Å²) in [6.07, 6.45) is 2.31. The van der Waals surface area contributed by atoms with Crippen LogP contribution in [0.3, 0.4) is 0 Å². The lowest BCUT2D eigenvalue weighted by molar-refractivity contribution is -0.141. The molecule has 0 spiro atoms. The fourth-order valence-corrected chi connectivity index (χ4v) is 2.92. The van der Waals surface area contributed by atoms with Crippen LogP contribution in [0.5, 0.6) is 0 Å². The molecule has 3 unspecified atom stereocenters. The number of aliphatic imine (C=N–C) groups is 1. The number of rotatable bonds is 1. The van der Waals surface area contributed by atoms with Crippen molar-refractivity contribution in [1.82, 2.24) is 10.2 Å². The van der Waals surface area contributed by atoms with Gasteiger partial charge in [0.05, 0.1) is 6.54 Å². The maximum atomic E-state index is 12.1. The van der Waals surface area contributed by atoms with Crippen LogP contribution in [0.15, 0.2) is 4.99 Å². The van der Waals surface area contributed by atoms with Gasteiger partial charge in [0.15, 0.2) is 12.5 Å². The minimum absolute atomic E-state index is 0.120. The van der Waals surface area contributed by atoms with E-state index in [1.165, 1.54) is 12.8 Å². The van der Waals surface area contributed by atoms with Crippen LogP contribution in [-0.4, -0.2) is 56.0 Å². The first-order valence-corrected chi connectivity index (χ1v) is 5.96. The average molecular weight is 223 g/mol. The van der Waals surface area contributed by atoms with Gasteiger partial charge in [-0.25, -0.2) is 0 Å². The monoisotopic (exact) mass is 223 g/mol. The highest BCUT2D eigenvalue weighted by molar-refractivity contribution is 5.83. The van der Waals surface area contributed by atoms with E-state index in [1.807, 2.05) is 4.90 Å². The lowest BCUT2D eigenvalue weighted by Crippen LogP contribution is -2.55. The van der Waals surface area contributed by atoms with E-state index in [0.29, 0.717) is 18.4 Å². The molecule has 5 heteroatoms. The highest BCUT2D eigenvalue weighted by Crippen LogP contribution is 2.25. The number of hydrogen-bond donors (Lipinski definition) is 1. The van der Waals surface area contributed by atoms with Crippen LogP contribution in [0, 0.1) is 11.8 Å². The molecule has 3 rings (SSSR count). The lowest BCUT2D eigenvalue weighted by Gasteiger charge is -2.42. The van der Waals surface area contributed by atoms with Crippen LogP contribution < -0.4 is 5.32 Å². The van der Waals surface area contributed by atoms with E-state index in [1.54, 1.807) is 0 Å². The summed E-state index contributed by atoms with van der Waals surface area (Å²) in [7, 11) is 0. The number of carbonyl (C=O) groups excluding carboxylic acids is 1. The van der Waals surface area contributed by atoms with Gasteiger partial charge in [-0.15, -0.1) is 0 Å². The van der Waals surface area contributed by atoms with Gasteiger partial charge < -0.3 is 15.0 Å². The number of nitrogens with zero attached hydrogens (tertiary/aromatic N) is 2. The molecule has 2 fully saturated rings. The van der Waals surface area contributed by atoms with E-state index in [-0.39, 0.29) is 12.0 Å². The molecule has 3 aliphatic heterocycles. The number of likely N-dealkylation sites (tertiary alicyclic amines) is 1. The molecule has 2 saturated heterocycles. The highest BCUT2D eigenvalue weighted by atomic mass is 16.5. The second kappa shape index (κ2) is 4.05. The van der Waals surface area contributed by atoms with Crippen molar-refractivity contribution in [2.45, 2.75) is 12.5 Å². The molecule has 3 heterocycles. The Labute approximate surface area is 94.9 Å². The van der Waals surface area contributed by atoms with Gasteiger partial charge in [-0.2, -0.15) is 0 Å². The first-order chi connectivity index (χ1) is 7.83. The van der Waals surface area contributed by atoms with E-state index in [9.17, 15) is 4.79 Å². The predicted molar refractivity (Wildman–Crippen MR) is 59.3 cm³/mol. The van der Waals surface area contributed by atoms with E-state index in [0.717, 1.165) is 26.2 Å². The largest absolute Gasteiger partial charge is 0.469 e. The Balaban J connectivity index is 1.64. The third-order valence-electron chi connectivity index (χ3n) is 3.65. The van der Waals surface area contributed by atoms with Crippen LogP contribution in [0.1, 0.15) is 6.42 Å². The number of piperidine rings is 2. The average Bonchev–Trinajstić information content (AvgIpc) is 2.81. The molecular weight excluding hydrogens is 206 g/mol. The van der Waals surface area contributed by atoms with Gasteiger partial charge in [-0.05, 0) is 31.3 Å². The Bertz CT molecular complexity index is 298. The van der Waals surface area contributed by atoms with Gasteiger partial charge in [-0.3, -0.25) is 9.79 Å². The van der Waals surface area contributed by atoms with Gasteiger partial charge in [0.25, 0.3) is 5.91 Å². The quantitative estimate of drug-likeness (QED) is 0.651. The van der Waals surface area contributed by atoms with Crippen molar-refractivity contribution < 1.29 is 9.53 Å². The Hall–Kier alpha value is -1.10. The summed E-state index contributed by atoms with van der Waals surface area (Å²) in [5, 5.41) is 3.42. The number of ether oxygens (including phenoxy) is 1. The van der Waals surface area contributed by atoms with Gasteiger partial charge in [0.2, 0.25) is 0 Å². The van der Waals surface area contributed by atoms with Crippen molar-refractivity contribution >= 4 is 12.3 Å². The SMILES string of the molecule is O=C(C1CN=CO1)N1CC2CNCC(C2)C1. The van der Waals surface area contributed by atoms with Crippen LogP contribution >= 0.6 is 0 Å². The Kier molecular flexibility index (Phi) is 2.55. The number of nitrogens with one attached hydrogen (secondary N) is 1. The Morgan fingerprint density at radius 1 is 1.38 bits per heavy atom. The Morgan fingerprint density at radius 2 is 2.12 bits per heavy atom. The molecule has 0 saturated carbocycles. The van der Waals surface area contributed by atoms with E-state index in [2.05, 4.69) is 10.3 Å². The van der Waals surface area contributed by atoms with Crippen molar-refractivity contribution in [2.24, 2.45) is 16.8 Å². The smallest absolute Gasteiger partial charge is 0.265 e. The standard InChI is InChI=1S/C11H17N3O2/c15-11(10-4-13-7-16-10)14-5-8-1-9(6-14)3-12-2-8/h7-10,12H,1-6H2. The van der Waals surface area contributed by atoms with E-state index in [4.69, 9.17) is 4.74 Å². The molecule has 5 nitrogen and oxygen atoms in total. The van der Waals surface area contributed by atoms with Gasteiger partial charge in [0, 0.05) is 13.1 Å². The van der Waals surface area contributed by atoms with Crippen LogP contribution in [0.4, 0.5) is 0 Å². The molecule has 16 heavy (non-hydrogen) atoms. The molecule has 3 atom stereocenters. The molecule has 0 aromatic rings. The molecule has 2 bridgehead atoms. The minimum Gasteiger partial charge on any atom is -0.469 e. The fourth-order valence-electron chi connectivity index (χ4n) is 2.92. The number of fused-ring (bicyclic) bond motifs is 2. The summed E-state index contributed by atoms with van der Waals surface area (Å²) >= 11 is 0. The molecule has 0 aromatic carbocycles. The van der Waals surface area contributed by atoms with E-state index < -0.39 is 0 Å². The summed E-state index contributed by atoms with van der Waals surface area (Å²) < 4.78 is 5.19. The van der Waals surface area contributed by atoms with Gasteiger partial charge in [-0.1, -0.05) is 0 Å². The minimum atomic E-state index is -0.355. The number of amides is 1. The summed E-state index contributed by atoms with van der Waals surface area (Å²) in [6.45, 7) is 4.33. The maximum Gasteiger partial charge on any atom is 0.265 e. The second-order valence-corrected chi connectivity index (χ2v) is 4.96. The van der Waals surface area contributed by atoms with Crippen molar-refractivity contribution in [3.8, 4) is 0 Å². The molecule has 1 N–H and O–H groups in total.